The highest BCUT2D eigenvalue weighted by Gasteiger charge is 2.35. The molecule has 1 amide bonds. The van der Waals surface area contributed by atoms with E-state index < -0.39 is 17.8 Å². The molecule has 2 fully saturated rings. The van der Waals surface area contributed by atoms with Crippen LogP contribution in [0.2, 0.25) is 0 Å². The first-order valence-electron chi connectivity index (χ1n) is 12.8. The van der Waals surface area contributed by atoms with Crippen LogP contribution in [0, 0.1) is 18.8 Å². The summed E-state index contributed by atoms with van der Waals surface area (Å²) in [5.74, 6) is -1.48. The molecule has 35 heavy (non-hydrogen) atoms. The van der Waals surface area contributed by atoms with Crippen LogP contribution in [0.4, 0.5) is 5.69 Å². The first-order chi connectivity index (χ1) is 17.0. The minimum Gasteiger partial charge on any atom is -0.492 e. The molecule has 0 aliphatic heterocycles. The minimum atomic E-state index is -0.886. The second-order valence-electron chi connectivity index (χ2n) is 9.66. The molecule has 0 radical (unpaired) electrons. The molecular formula is C28H36N2O5. The maximum atomic E-state index is 13.1. The van der Waals surface area contributed by atoms with Gasteiger partial charge in [0, 0.05) is 23.0 Å². The normalized spacial score (nSPS) is 20.5. The Morgan fingerprint density at radius 2 is 1.74 bits per heavy atom. The smallest absolute Gasteiger partial charge is 0.307 e. The van der Waals surface area contributed by atoms with Gasteiger partial charge in [0.1, 0.15) is 5.75 Å². The second kappa shape index (κ2) is 11.7. The third-order valence-electron chi connectivity index (χ3n) is 7.33. The highest BCUT2D eigenvalue weighted by Crippen LogP contribution is 2.35. The summed E-state index contributed by atoms with van der Waals surface area (Å²) < 4.78 is 12.0. The van der Waals surface area contributed by atoms with E-state index in [0.29, 0.717) is 31.7 Å². The molecule has 1 aromatic carbocycles. The largest absolute Gasteiger partial charge is 0.492 e. The molecule has 4 rings (SSSR count). The van der Waals surface area contributed by atoms with Gasteiger partial charge in [0.15, 0.2) is 0 Å². The van der Waals surface area contributed by atoms with Crippen molar-refractivity contribution in [1.29, 1.82) is 0 Å². The molecule has 0 spiro atoms. The summed E-state index contributed by atoms with van der Waals surface area (Å²) in [6, 6.07) is 5.81. The number of hydrogen-bond donors (Lipinski definition) is 2. The monoisotopic (exact) mass is 480 g/mol. The van der Waals surface area contributed by atoms with Crippen molar-refractivity contribution in [2.75, 3.05) is 11.9 Å². The quantitative estimate of drug-likeness (QED) is 0.475. The van der Waals surface area contributed by atoms with Crippen LogP contribution in [0.3, 0.4) is 0 Å². The average molecular weight is 481 g/mol. The summed E-state index contributed by atoms with van der Waals surface area (Å²) in [6.45, 7) is 4.97. The highest BCUT2D eigenvalue weighted by molar-refractivity contribution is 5.95. The van der Waals surface area contributed by atoms with Crippen LogP contribution in [0.25, 0.3) is 11.1 Å². The number of ether oxygens (including phenoxy) is 2. The Labute approximate surface area is 207 Å². The molecule has 1 heterocycles. The van der Waals surface area contributed by atoms with Crippen molar-refractivity contribution in [2.24, 2.45) is 11.8 Å². The summed E-state index contributed by atoms with van der Waals surface area (Å²) in [5, 5.41) is 12.6. The van der Waals surface area contributed by atoms with Crippen molar-refractivity contribution in [2.45, 2.75) is 77.9 Å². The van der Waals surface area contributed by atoms with E-state index in [-0.39, 0.29) is 12.0 Å². The number of nitrogens with one attached hydrogen (secondary N) is 1. The Hall–Kier alpha value is -2.93. The number of aromatic nitrogens is 1. The van der Waals surface area contributed by atoms with Gasteiger partial charge in [-0.25, -0.2) is 0 Å². The predicted molar refractivity (Wildman–Crippen MR) is 134 cm³/mol. The van der Waals surface area contributed by atoms with E-state index in [1.165, 1.54) is 12.8 Å². The second-order valence-corrected chi connectivity index (χ2v) is 9.66. The van der Waals surface area contributed by atoms with Gasteiger partial charge in [-0.2, -0.15) is 0 Å². The molecule has 2 aliphatic rings. The molecule has 2 aromatic rings. The summed E-state index contributed by atoms with van der Waals surface area (Å²) >= 11 is 0. The number of rotatable bonds is 9. The van der Waals surface area contributed by atoms with E-state index in [4.69, 9.17) is 9.47 Å². The summed E-state index contributed by atoms with van der Waals surface area (Å²) in [6.07, 6.45) is 11.2. The molecule has 2 unspecified atom stereocenters. The van der Waals surface area contributed by atoms with Crippen molar-refractivity contribution < 1.29 is 24.2 Å². The predicted octanol–water partition coefficient (Wildman–Crippen LogP) is 5.74. The van der Waals surface area contributed by atoms with Gasteiger partial charge in [-0.15, -0.1) is 0 Å². The molecule has 188 valence electrons. The van der Waals surface area contributed by atoms with Crippen LogP contribution in [-0.2, 0) is 20.9 Å². The maximum Gasteiger partial charge on any atom is 0.307 e. The van der Waals surface area contributed by atoms with Gasteiger partial charge in [-0.05, 0) is 62.8 Å². The Morgan fingerprint density at radius 1 is 1.03 bits per heavy atom. The Kier molecular flexibility index (Phi) is 8.39. The van der Waals surface area contributed by atoms with E-state index in [1.807, 2.05) is 38.2 Å². The van der Waals surface area contributed by atoms with Gasteiger partial charge in [0.25, 0.3) is 0 Å². The van der Waals surface area contributed by atoms with Crippen LogP contribution in [-0.4, -0.2) is 34.7 Å². The number of pyridine rings is 1. The van der Waals surface area contributed by atoms with Gasteiger partial charge in [0.2, 0.25) is 5.91 Å². The van der Waals surface area contributed by atoms with Crippen LogP contribution >= 0.6 is 0 Å². The molecule has 2 aliphatic carbocycles. The highest BCUT2D eigenvalue weighted by atomic mass is 16.5. The van der Waals surface area contributed by atoms with Gasteiger partial charge in [-0.1, -0.05) is 31.7 Å². The van der Waals surface area contributed by atoms with E-state index in [9.17, 15) is 14.7 Å². The molecule has 7 heteroatoms. The van der Waals surface area contributed by atoms with Gasteiger partial charge in [-0.3, -0.25) is 14.6 Å². The number of anilines is 1. The molecule has 0 bridgehead atoms. The fraction of sp³-hybridized carbons (Fsp3) is 0.536. The number of carbonyl (C=O) groups excluding carboxylic acids is 1. The molecule has 2 saturated carbocycles. The number of carbonyl (C=O) groups is 2. The fourth-order valence-corrected chi connectivity index (χ4v) is 5.37. The molecule has 1 aromatic heterocycles. The number of hydrogen-bond acceptors (Lipinski definition) is 5. The number of aliphatic carboxylic acids is 1. The topological polar surface area (TPSA) is 97.8 Å². The average Bonchev–Trinajstić information content (AvgIpc) is 3.38. The Bertz CT molecular complexity index is 1050. The first-order valence-corrected chi connectivity index (χ1v) is 12.8. The fourth-order valence-electron chi connectivity index (χ4n) is 5.37. The Balaban J connectivity index is 1.61. The number of carboxylic acid groups (broad SMARTS) is 1. The molecule has 2 atom stereocenters. The lowest BCUT2D eigenvalue weighted by Gasteiger charge is -2.27. The number of amides is 1. The van der Waals surface area contributed by atoms with E-state index >= 15 is 0 Å². The minimum absolute atomic E-state index is 0.219. The number of carboxylic acids is 1. The van der Waals surface area contributed by atoms with E-state index in [0.717, 1.165) is 53.7 Å². The lowest BCUT2D eigenvalue weighted by atomic mass is 9.78. The third kappa shape index (κ3) is 6.01. The molecular weight excluding hydrogens is 444 g/mol. The third-order valence-corrected chi connectivity index (χ3v) is 7.33. The lowest BCUT2D eigenvalue weighted by molar-refractivity contribution is -0.147. The summed E-state index contributed by atoms with van der Waals surface area (Å²) in [7, 11) is 0. The van der Waals surface area contributed by atoms with Crippen LogP contribution < -0.4 is 10.1 Å². The number of benzene rings is 1. The van der Waals surface area contributed by atoms with Crippen molar-refractivity contribution in [3.8, 4) is 16.9 Å². The summed E-state index contributed by atoms with van der Waals surface area (Å²) in [5.41, 5.74) is 4.59. The number of nitrogens with zero attached hydrogens (tertiary/aromatic N) is 1. The van der Waals surface area contributed by atoms with Crippen molar-refractivity contribution >= 4 is 17.6 Å². The van der Waals surface area contributed by atoms with Crippen molar-refractivity contribution in [3.05, 3.63) is 41.7 Å². The molecule has 7 nitrogen and oxygen atoms in total. The van der Waals surface area contributed by atoms with E-state index in [1.54, 1.807) is 6.20 Å². The van der Waals surface area contributed by atoms with Gasteiger partial charge < -0.3 is 19.9 Å². The Morgan fingerprint density at radius 3 is 2.46 bits per heavy atom. The summed E-state index contributed by atoms with van der Waals surface area (Å²) in [4.78, 5) is 29.1. The molecule has 2 N–H and O–H groups in total. The van der Waals surface area contributed by atoms with E-state index in [2.05, 4.69) is 10.3 Å². The zero-order valence-corrected chi connectivity index (χ0v) is 20.7. The first kappa shape index (κ1) is 25.2. The van der Waals surface area contributed by atoms with Crippen molar-refractivity contribution in [3.63, 3.8) is 0 Å². The standard InChI is InChI=1S/C28H36N2O5/c1-3-34-26-16-29-15-25(18(26)2)22-13-12-20(14-19(22)17-35-21-8-4-5-9-21)30-27(31)23-10-6-7-11-24(23)28(32)33/h12-16,21,23-24H,3-11,17H2,1-2H3,(H,30,31)(H,32,33). The lowest BCUT2D eigenvalue weighted by Crippen LogP contribution is -2.36. The van der Waals surface area contributed by atoms with Crippen molar-refractivity contribution in [1.82, 2.24) is 4.98 Å². The van der Waals surface area contributed by atoms with Gasteiger partial charge >= 0.3 is 5.97 Å². The zero-order valence-electron chi connectivity index (χ0n) is 20.7. The maximum absolute atomic E-state index is 13.1. The van der Waals surface area contributed by atoms with Crippen LogP contribution in [0.5, 0.6) is 5.75 Å². The SMILES string of the molecule is CCOc1cncc(-c2ccc(NC(=O)C3CCCCC3C(=O)O)cc2COC2CCCC2)c1C. The van der Waals surface area contributed by atoms with Crippen LogP contribution in [0.1, 0.15) is 69.4 Å². The van der Waals surface area contributed by atoms with Crippen LogP contribution in [0.15, 0.2) is 30.6 Å². The molecule has 0 saturated heterocycles. The zero-order chi connectivity index (χ0) is 24.8. The van der Waals surface area contributed by atoms with Gasteiger partial charge in [0.05, 0.1) is 37.4 Å².